The standard InChI is InChI=1S/C22H27FN2O.C11H14O2/c1-4-6-7-8-16(3)22-24-20-15-17(23)9-14-21(20)25(22)18-10-12-19(13-11-18)26-5-2;1-7-5-10(13-4)6-8(2)11(7)9(3)12/h9-16H,4-8H2,1-3H3;5-6H,1-4H3. The van der Waals surface area contributed by atoms with Crippen molar-refractivity contribution in [2.75, 3.05) is 13.7 Å². The Bertz CT molecular complexity index is 1370. The highest BCUT2D eigenvalue weighted by atomic mass is 19.1. The largest absolute Gasteiger partial charge is 0.497 e. The van der Waals surface area contributed by atoms with Crippen LogP contribution < -0.4 is 9.47 Å². The summed E-state index contributed by atoms with van der Waals surface area (Å²) in [5.41, 5.74) is 5.43. The number of nitrogens with zero attached hydrogens (tertiary/aromatic N) is 2. The number of methoxy groups -OCH3 is 1. The molecule has 1 heterocycles. The van der Waals surface area contributed by atoms with Crippen LogP contribution in [-0.2, 0) is 0 Å². The van der Waals surface area contributed by atoms with Gasteiger partial charge in [0.05, 0.1) is 24.8 Å². The van der Waals surface area contributed by atoms with Crippen molar-refractivity contribution in [1.29, 1.82) is 0 Å². The van der Waals surface area contributed by atoms with Gasteiger partial charge in [0, 0.05) is 23.2 Å². The first kappa shape index (κ1) is 29.9. The van der Waals surface area contributed by atoms with Crippen LogP contribution in [0, 0.1) is 19.7 Å². The molecule has 0 aliphatic heterocycles. The number of carbonyl (C=O) groups excluding carboxylic acids is 1. The molecule has 1 atom stereocenters. The SMILES string of the molecule is CCCCCC(C)c1nc2cc(F)ccc2n1-c1ccc(OCC)cc1.COc1cc(C)c(C(C)=O)c(C)c1. The molecule has 0 N–H and O–H groups in total. The summed E-state index contributed by atoms with van der Waals surface area (Å²) in [7, 11) is 1.63. The molecule has 4 rings (SSSR count). The third-order valence-electron chi connectivity index (χ3n) is 6.82. The Morgan fingerprint density at radius 2 is 1.64 bits per heavy atom. The molecule has 0 radical (unpaired) electrons. The summed E-state index contributed by atoms with van der Waals surface area (Å²) in [6.07, 6.45) is 4.69. The number of unbranched alkanes of at least 4 members (excludes halogenated alkanes) is 2. The van der Waals surface area contributed by atoms with Gasteiger partial charge in [0.15, 0.2) is 5.78 Å². The Morgan fingerprint density at radius 1 is 0.974 bits per heavy atom. The number of hydrogen-bond donors (Lipinski definition) is 0. The summed E-state index contributed by atoms with van der Waals surface area (Å²) in [6.45, 7) is 12.5. The highest BCUT2D eigenvalue weighted by molar-refractivity contribution is 5.97. The second kappa shape index (κ2) is 13.9. The number of imidazole rings is 1. The van der Waals surface area contributed by atoms with Crippen LogP contribution in [0.2, 0.25) is 0 Å². The lowest BCUT2D eigenvalue weighted by molar-refractivity contribution is 0.101. The van der Waals surface area contributed by atoms with Crippen LogP contribution >= 0.6 is 0 Å². The van der Waals surface area contributed by atoms with Crippen LogP contribution in [-0.4, -0.2) is 29.1 Å². The monoisotopic (exact) mass is 532 g/mol. The zero-order chi connectivity index (χ0) is 28.5. The van der Waals surface area contributed by atoms with Crippen molar-refractivity contribution in [3.63, 3.8) is 0 Å². The molecule has 4 aromatic rings. The van der Waals surface area contributed by atoms with Gasteiger partial charge in [-0.15, -0.1) is 0 Å². The highest BCUT2D eigenvalue weighted by Gasteiger charge is 2.18. The van der Waals surface area contributed by atoms with E-state index in [-0.39, 0.29) is 11.6 Å². The van der Waals surface area contributed by atoms with Crippen LogP contribution in [0.15, 0.2) is 54.6 Å². The fraction of sp³-hybridized carbons (Fsp3) is 0.394. The molecule has 3 aromatic carbocycles. The van der Waals surface area contributed by atoms with Crippen LogP contribution in [0.5, 0.6) is 11.5 Å². The topological polar surface area (TPSA) is 53.4 Å². The quantitative estimate of drug-likeness (QED) is 0.151. The van der Waals surface area contributed by atoms with Crippen LogP contribution in [0.4, 0.5) is 4.39 Å². The molecular weight excluding hydrogens is 491 g/mol. The van der Waals surface area contributed by atoms with Gasteiger partial charge in [0.2, 0.25) is 0 Å². The van der Waals surface area contributed by atoms with Gasteiger partial charge in [-0.25, -0.2) is 9.37 Å². The number of rotatable bonds is 10. The van der Waals surface area contributed by atoms with Crippen molar-refractivity contribution in [3.05, 3.63) is 82.9 Å². The van der Waals surface area contributed by atoms with Gasteiger partial charge >= 0.3 is 0 Å². The van der Waals surface area contributed by atoms with Gasteiger partial charge in [-0.3, -0.25) is 9.36 Å². The van der Waals surface area contributed by atoms with Gasteiger partial charge in [0.25, 0.3) is 0 Å². The first-order valence-electron chi connectivity index (χ1n) is 13.8. The zero-order valence-corrected chi connectivity index (χ0v) is 24.3. The summed E-state index contributed by atoms with van der Waals surface area (Å²) in [6, 6.07) is 16.6. The Hall–Kier alpha value is -3.67. The fourth-order valence-corrected chi connectivity index (χ4v) is 4.96. The Morgan fingerprint density at radius 3 is 2.21 bits per heavy atom. The molecule has 0 bridgehead atoms. The van der Waals surface area contributed by atoms with Gasteiger partial charge in [-0.05, 0) is 93.8 Å². The lowest BCUT2D eigenvalue weighted by atomic mass is 9.99. The smallest absolute Gasteiger partial charge is 0.160 e. The predicted octanol–water partition coefficient (Wildman–Crippen LogP) is 8.76. The van der Waals surface area contributed by atoms with Gasteiger partial charge < -0.3 is 9.47 Å². The van der Waals surface area contributed by atoms with Crippen LogP contribution in [0.25, 0.3) is 16.7 Å². The minimum absolute atomic E-state index is 0.109. The average molecular weight is 533 g/mol. The lowest BCUT2D eigenvalue weighted by Crippen LogP contribution is -2.06. The summed E-state index contributed by atoms with van der Waals surface area (Å²) in [5.74, 6) is 2.82. The Labute approximate surface area is 232 Å². The van der Waals surface area contributed by atoms with E-state index in [1.807, 2.05) is 63.2 Å². The third-order valence-corrected chi connectivity index (χ3v) is 6.82. The number of fused-ring (bicyclic) bond motifs is 1. The normalized spacial score (nSPS) is 11.6. The van der Waals surface area contributed by atoms with Gasteiger partial charge in [-0.1, -0.05) is 33.1 Å². The van der Waals surface area contributed by atoms with Gasteiger partial charge in [0.1, 0.15) is 23.1 Å². The first-order valence-corrected chi connectivity index (χ1v) is 13.8. The third kappa shape index (κ3) is 7.47. The van der Waals surface area contributed by atoms with E-state index < -0.39 is 0 Å². The summed E-state index contributed by atoms with van der Waals surface area (Å²) in [4.78, 5) is 16.0. The van der Waals surface area contributed by atoms with E-state index in [4.69, 9.17) is 14.5 Å². The molecule has 5 nitrogen and oxygen atoms in total. The number of benzene rings is 3. The number of aromatic nitrogens is 2. The molecule has 6 heteroatoms. The van der Waals surface area contributed by atoms with E-state index in [1.54, 1.807) is 14.0 Å². The Balaban J connectivity index is 0.000000272. The molecule has 39 heavy (non-hydrogen) atoms. The second-order valence-electron chi connectivity index (χ2n) is 9.95. The molecule has 0 spiro atoms. The molecule has 0 saturated carbocycles. The van der Waals surface area contributed by atoms with E-state index in [9.17, 15) is 9.18 Å². The lowest BCUT2D eigenvalue weighted by Gasteiger charge is -2.15. The number of Topliss-reactive ketones (excluding diaryl/α,β-unsaturated/α-hetero) is 1. The summed E-state index contributed by atoms with van der Waals surface area (Å²) < 4.78 is 26.5. The molecule has 208 valence electrons. The number of ether oxygens (including phenoxy) is 2. The number of aryl methyl sites for hydroxylation is 2. The van der Waals surface area contributed by atoms with Crippen LogP contribution in [0.1, 0.15) is 86.6 Å². The molecule has 0 amide bonds. The minimum atomic E-state index is -0.251. The molecule has 0 aliphatic carbocycles. The number of carbonyl (C=O) groups is 1. The van der Waals surface area contributed by atoms with E-state index in [2.05, 4.69) is 18.4 Å². The maximum Gasteiger partial charge on any atom is 0.160 e. The van der Waals surface area contributed by atoms with Crippen molar-refractivity contribution in [1.82, 2.24) is 9.55 Å². The number of hydrogen-bond acceptors (Lipinski definition) is 4. The molecule has 0 fully saturated rings. The number of ketones is 1. The van der Waals surface area contributed by atoms with E-state index in [0.717, 1.165) is 51.6 Å². The maximum absolute atomic E-state index is 13.7. The van der Waals surface area contributed by atoms with Crippen LogP contribution in [0.3, 0.4) is 0 Å². The second-order valence-corrected chi connectivity index (χ2v) is 9.95. The van der Waals surface area contributed by atoms with Gasteiger partial charge in [-0.2, -0.15) is 0 Å². The fourth-order valence-electron chi connectivity index (χ4n) is 4.96. The molecule has 1 unspecified atom stereocenters. The predicted molar refractivity (Wildman–Crippen MR) is 157 cm³/mol. The average Bonchev–Trinajstić information content (AvgIpc) is 3.27. The van der Waals surface area contributed by atoms with Crippen molar-refractivity contribution >= 4 is 16.8 Å². The summed E-state index contributed by atoms with van der Waals surface area (Å²) in [5, 5.41) is 0. The van der Waals surface area contributed by atoms with E-state index in [1.165, 1.54) is 31.4 Å². The van der Waals surface area contributed by atoms with E-state index in [0.29, 0.717) is 18.0 Å². The van der Waals surface area contributed by atoms with Crippen molar-refractivity contribution < 1.29 is 18.7 Å². The zero-order valence-electron chi connectivity index (χ0n) is 24.3. The maximum atomic E-state index is 13.7. The molecule has 0 aliphatic rings. The molecular formula is C33H41FN2O3. The van der Waals surface area contributed by atoms with Crippen molar-refractivity contribution in [2.24, 2.45) is 0 Å². The minimum Gasteiger partial charge on any atom is -0.497 e. The molecule has 0 saturated heterocycles. The summed E-state index contributed by atoms with van der Waals surface area (Å²) >= 11 is 0. The van der Waals surface area contributed by atoms with Crippen molar-refractivity contribution in [3.8, 4) is 17.2 Å². The highest BCUT2D eigenvalue weighted by Crippen LogP contribution is 2.30. The first-order chi connectivity index (χ1) is 18.7. The van der Waals surface area contributed by atoms with E-state index >= 15 is 0 Å². The molecule has 1 aromatic heterocycles. The number of halogens is 1. The Kier molecular flexibility index (Phi) is 10.7. The van der Waals surface area contributed by atoms with Crippen molar-refractivity contribution in [2.45, 2.75) is 73.1 Å².